The van der Waals surface area contributed by atoms with E-state index in [2.05, 4.69) is 15.1 Å². The topological polar surface area (TPSA) is 186 Å². The average molecular weight is 418 g/mol. The molecule has 4 rings (SSSR count). The first-order valence-corrected chi connectivity index (χ1v) is 10.5. The Kier molecular flexibility index (Phi) is 4.74. The lowest BCUT2D eigenvalue weighted by Gasteiger charge is -2.15. The first-order valence-electron chi connectivity index (χ1n) is 8.13. The van der Waals surface area contributed by atoms with Gasteiger partial charge in [0.1, 0.15) is 35.5 Å². The minimum atomic E-state index is -4.46. The van der Waals surface area contributed by atoms with Gasteiger partial charge < -0.3 is 20.7 Å². The summed E-state index contributed by atoms with van der Waals surface area (Å²) >= 11 is 1.53. The molecule has 0 bridgehead atoms. The Bertz CT molecular complexity index is 964. The Morgan fingerprint density at radius 1 is 1.33 bits per heavy atom. The monoisotopic (exact) mass is 418 g/mol. The number of fused-ring (bicyclic) bond motifs is 1. The maximum absolute atomic E-state index is 10.8. The Morgan fingerprint density at radius 2 is 2.07 bits per heavy atom. The molecule has 2 aromatic rings. The van der Waals surface area contributed by atoms with Crippen molar-refractivity contribution in [3.8, 4) is 0 Å². The number of nitrogens with two attached hydrogens (primary N) is 1. The second kappa shape index (κ2) is 6.80. The number of anilines is 1. The lowest BCUT2D eigenvalue weighted by Crippen LogP contribution is -2.39. The lowest BCUT2D eigenvalue weighted by atomic mass is 10.1. The molecule has 4 atom stereocenters. The van der Waals surface area contributed by atoms with Gasteiger partial charge in [-0.2, -0.15) is 18.2 Å². The molecule has 1 aliphatic carbocycles. The minimum Gasteiger partial charge on any atom is -0.387 e. The van der Waals surface area contributed by atoms with Crippen LogP contribution in [0.3, 0.4) is 0 Å². The smallest absolute Gasteiger partial charge is 0.333 e. The average Bonchev–Trinajstić information content (AvgIpc) is 3.27. The summed E-state index contributed by atoms with van der Waals surface area (Å²) < 4.78 is 39.2. The number of thioether (sulfide) groups is 1. The molecule has 14 heteroatoms. The fourth-order valence-corrected chi connectivity index (χ4v) is 4.37. The molecule has 3 heterocycles. The molecule has 0 radical (unpaired) electrons. The van der Waals surface area contributed by atoms with Gasteiger partial charge in [-0.3, -0.25) is 4.55 Å². The van der Waals surface area contributed by atoms with Crippen molar-refractivity contribution in [2.75, 3.05) is 12.3 Å². The first-order chi connectivity index (χ1) is 12.7. The Balaban J connectivity index is 1.66. The van der Waals surface area contributed by atoms with Crippen molar-refractivity contribution in [2.24, 2.45) is 0 Å². The first kappa shape index (κ1) is 18.8. The number of ether oxygens (including phenoxy) is 1. The molecule has 1 aliphatic heterocycles. The van der Waals surface area contributed by atoms with Gasteiger partial charge in [-0.15, -0.1) is 11.8 Å². The third-order valence-corrected chi connectivity index (χ3v) is 6.18. The normalized spacial score (nSPS) is 28.9. The van der Waals surface area contributed by atoms with E-state index in [0.717, 1.165) is 12.8 Å². The maximum Gasteiger partial charge on any atom is 0.333 e. The van der Waals surface area contributed by atoms with E-state index >= 15 is 0 Å². The van der Waals surface area contributed by atoms with Gasteiger partial charge in [-0.05, 0) is 12.8 Å². The van der Waals surface area contributed by atoms with Crippen molar-refractivity contribution in [1.29, 1.82) is 0 Å². The van der Waals surface area contributed by atoms with Gasteiger partial charge >= 0.3 is 10.3 Å². The van der Waals surface area contributed by atoms with Gasteiger partial charge in [-0.1, -0.05) is 0 Å². The minimum absolute atomic E-state index is 0.243. The highest BCUT2D eigenvalue weighted by Gasteiger charge is 2.45. The van der Waals surface area contributed by atoms with Crippen LogP contribution in [-0.4, -0.2) is 73.0 Å². The maximum atomic E-state index is 10.8. The zero-order chi connectivity index (χ0) is 19.3. The SMILES string of the molecule is Nc1ncnc2c1c(SC1CC1)nn2[C@@H]1O[C@H](CNS(=O)(=O)O)[C@@H](O)[C@H]1O. The van der Waals surface area contributed by atoms with Gasteiger partial charge in [0, 0.05) is 11.8 Å². The van der Waals surface area contributed by atoms with E-state index in [0.29, 0.717) is 21.3 Å². The number of aromatic nitrogens is 4. The number of aliphatic hydroxyl groups is 2. The van der Waals surface area contributed by atoms with Crippen LogP contribution < -0.4 is 10.5 Å². The van der Waals surface area contributed by atoms with Crippen molar-refractivity contribution in [3.05, 3.63) is 6.33 Å². The molecule has 0 unspecified atom stereocenters. The summed E-state index contributed by atoms with van der Waals surface area (Å²) in [5, 5.41) is 26.6. The van der Waals surface area contributed by atoms with Crippen LogP contribution in [0.15, 0.2) is 11.4 Å². The summed E-state index contributed by atoms with van der Waals surface area (Å²) in [7, 11) is -4.46. The summed E-state index contributed by atoms with van der Waals surface area (Å²) in [6.07, 6.45) is -1.60. The van der Waals surface area contributed by atoms with E-state index in [-0.39, 0.29) is 5.82 Å². The Labute approximate surface area is 158 Å². The third-order valence-electron chi connectivity index (χ3n) is 4.33. The molecular formula is C13H18N6O6S2. The summed E-state index contributed by atoms with van der Waals surface area (Å²) in [5.41, 5.74) is 6.31. The van der Waals surface area contributed by atoms with E-state index < -0.39 is 41.4 Å². The number of nitrogens with zero attached hydrogens (tertiary/aromatic N) is 4. The Hall–Kier alpha value is -1.55. The van der Waals surface area contributed by atoms with Crippen molar-refractivity contribution in [1.82, 2.24) is 24.5 Å². The van der Waals surface area contributed by atoms with E-state index in [4.69, 9.17) is 15.0 Å². The number of aliphatic hydroxyl groups excluding tert-OH is 2. The van der Waals surface area contributed by atoms with Crippen LogP contribution in [-0.2, 0) is 15.0 Å². The van der Waals surface area contributed by atoms with Crippen LogP contribution in [0.2, 0.25) is 0 Å². The molecule has 148 valence electrons. The second-order valence-electron chi connectivity index (χ2n) is 6.39. The highest BCUT2D eigenvalue weighted by molar-refractivity contribution is 8.00. The highest BCUT2D eigenvalue weighted by atomic mass is 32.2. The molecule has 6 N–H and O–H groups in total. The second-order valence-corrected chi connectivity index (χ2v) is 8.92. The molecule has 0 spiro atoms. The van der Waals surface area contributed by atoms with Gasteiger partial charge in [0.05, 0.1) is 5.39 Å². The molecule has 0 amide bonds. The number of nitrogen functional groups attached to an aromatic ring is 1. The highest BCUT2D eigenvalue weighted by Crippen LogP contribution is 2.43. The summed E-state index contributed by atoms with van der Waals surface area (Å²) in [6.45, 7) is -0.423. The molecule has 0 aromatic carbocycles. The zero-order valence-corrected chi connectivity index (χ0v) is 15.5. The molecule has 1 saturated carbocycles. The molecule has 2 aromatic heterocycles. The van der Waals surface area contributed by atoms with Gasteiger partial charge in [0.15, 0.2) is 11.9 Å². The summed E-state index contributed by atoms with van der Waals surface area (Å²) in [5.74, 6) is 0.243. The van der Waals surface area contributed by atoms with Crippen molar-refractivity contribution >= 4 is 38.9 Å². The van der Waals surface area contributed by atoms with Crippen LogP contribution in [0.1, 0.15) is 19.1 Å². The third kappa shape index (κ3) is 3.73. The predicted molar refractivity (Wildman–Crippen MR) is 94.1 cm³/mol. The van der Waals surface area contributed by atoms with Crippen LogP contribution in [0.4, 0.5) is 5.82 Å². The fourth-order valence-electron chi connectivity index (χ4n) is 2.85. The molecule has 2 fully saturated rings. The number of hydrogen-bond acceptors (Lipinski definition) is 10. The number of rotatable bonds is 6. The Morgan fingerprint density at radius 3 is 2.74 bits per heavy atom. The molecule has 27 heavy (non-hydrogen) atoms. The van der Waals surface area contributed by atoms with Crippen molar-refractivity contribution in [3.63, 3.8) is 0 Å². The van der Waals surface area contributed by atoms with Gasteiger partial charge in [0.2, 0.25) is 0 Å². The van der Waals surface area contributed by atoms with Gasteiger partial charge in [0.25, 0.3) is 0 Å². The molecule has 12 nitrogen and oxygen atoms in total. The van der Waals surface area contributed by atoms with Crippen LogP contribution in [0.25, 0.3) is 11.0 Å². The molecular weight excluding hydrogens is 400 g/mol. The molecule has 2 aliphatic rings. The lowest BCUT2D eigenvalue weighted by molar-refractivity contribution is -0.0407. The van der Waals surface area contributed by atoms with Crippen LogP contribution in [0, 0.1) is 0 Å². The van der Waals surface area contributed by atoms with E-state index in [1.165, 1.54) is 22.8 Å². The standard InChI is InChI=1S/C13H18N6O6S2/c14-10-7-11(16-4-15-10)19(18-12(7)26-5-1-2-5)13-9(21)8(20)6(25-13)3-17-27(22,23)24/h4-6,8-9,13,17,20-21H,1-3H2,(H2,14,15,16)(H,22,23,24)/t6-,8-,9-,13-/m1/s1. The van der Waals surface area contributed by atoms with E-state index in [1.807, 2.05) is 4.72 Å². The quantitative estimate of drug-likeness (QED) is 0.350. The van der Waals surface area contributed by atoms with Crippen molar-refractivity contribution in [2.45, 2.75) is 47.7 Å². The fraction of sp³-hybridized carbons (Fsp3) is 0.615. The van der Waals surface area contributed by atoms with Gasteiger partial charge in [-0.25, -0.2) is 14.6 Å². The largest absolute Gasteiger partial charge is 0.387 e. The zero-order valence-electron chi connectivity index (χ0n) is 13.8. The number of nitrogens with one attached hydrogen (secondary N) is 1. The van der Waals surface area contributed by atoms with Crippen molar-refractivity contribution < 1.29 is 27.9 Å². The summed E-state index contributed by atoms with van der Waals surface area (Å²) in [6, 6.07) is 0. The van der Waals surface area contributed by atoms with Crippen LogP contribution >= 0.6 is 11.8 Å². The molecule has 1 saturated heterocycles. The van der Waals surface area contributed by atoms with Crippen LogP contribution in [0.5, 0.6) is 0 Å². The van der Waals surface area contributed by atoms with E-state index in [1.54, 1.807) is 0 Å². The predicted octanol–water partition coefficient (Wildman–Crippen LogP) is -1.33. The summed E-state index contributed by atoms with van der Waals surface area (Å²) in [4.78, 5) is 8.16. The number of hydrogen-bond donors (Lipinski definition) is 5. The van der Waals surface area contributed by atoms with E-state index in [9.17, 15) is 18.6 Å².